The summed E-state index contributed by atoms with van der Waals surface area (Å²) in [5.74, 6) is -0.478. The first-order valence-corrected chi connectivity index (χ1v) is 9.42. The van der Waals surface area contributed by atoms with Crippen molar-refractivity contribution < 1.29 is 17.9 Å². The summed E-state index contributed by atoms with van der Waals surface area (Å²) in [5, 5.41) is 0.505. The molecule has 1 aromatic rings. The Kier molecular flexibility index (Phi) is 4.75. The fraction of sp³-hybridized carbons (Fsp3) is 0.600. The zero-order chi connectivity index (χ0) is 15.6. The lowest BCUT2D eigenvalue weighted by atomic mass is 9.94. The highest BCUT2D eigenvalue weighted by molar-refractivity contribution is 7.89. The Balaban J connectivity index is 1.57. The Labute approximate surface area is 136 Å². The van der Waals surface area contributed by atoms with Gasteiger partial charge in [-0.05, 0) is 37.1 Å². The van der Waals surface area contributed by atoms with Crippen molar-refractivity contribution in [3.05, 3.63) is 29.3 Å². The summed E-state index contributed by atoms with van der Waals surface area (Å²) in [5.41, 5.74) is 0. The number of hydrogen-bond acceptors (Lipinski definition) is 4. The number of ether oxygens (including phenoxy) is 2. The Hall–Kier alpha value is -0.660. The van der Waals surface area contributed by atoms with E-state index in [9.17, 15) is 8.42 Å². The first kappa shape index (κ1) is 16.2. The number of hydrogen-bond donors (Lipinski definition) is 1. The van der Waals surface area contributed by atoms with E-state index < -0.39 is 15.8 Å². The lowest BCUT2D eigenvalue weighted by molar-refractivity contribution is -0.186. The monoisotopic (exact) mass is 345 g/mol. The molecule has 3 rings (SSSR count). The molecule has 1 aliphatic heterocycles. The number of halogens is 1. The minimum absolute atomic E-state index is 0.197. The molecule has 0 radical (unpaired) electrons. The average molecular weight is 346 g/mol. The van der Waals surface area contributed by atoms with Crippen LogP contribution in [0.25, 0.3) is 0 Å². The minimum Gasteiger partial charge on any atom is -0.347 e. The molecule has 1 heterocycles. The van der Waals surface area contributed by atoms with Crippen molar-refractivity contribution in [3.8, 4) is 0 Å². The lowest BCUT2D eigenvalue weighted by Crippen LogP contribution is -2.37. The maximum absolute atomic E-state index is 12.2. The highest BCUT2D eigenvalue weighted by Crippen LogP contribution is 2.37. The number of benzene rings is 1. The van der Waals surface area contributed by atoms with Gasteiger partial charge in [-0.2, -0.15) is 0 Å². The molecular weight excluding hydrogens is 326 g/mol. The van der Waals surface area contributed by atoms with Crippen LogP contribution in [-0.2, 0) is 19.5 Å². The molecule has 0 aromatic heterocycles. The summed E-state index contributed by atoms with van der Waals surface area (Å²) < 4.78 is 38.8. The predicted octanol–water partition coefficient (Wildman–Crippen LogP) is 2.69. The van der Waals surface area contributed by atoms with Crippen LogP contribution in [0.15, 0.2) is 29.2 Å². The van der Waals surface area contributed by atoms with Crippen LogP contribution >= 0.6 is 11.6 Å². The van der Waals surface area contributed by atoms with Gasteiger partial charge in [-0.3, -0.25) is 0 Å². The van der Waals surface area contributed by atoms with Gasteiger partial charge >= 0.3 is 0 Å². The fourth-order valence-electron chi connectivity index (χ4n) is 2.97. The van der Waals surface area contributed by atoms with E-state index in [1.807, 2.05) is 0 Å². The highest BCUT2D eigenvalue weighted by Gasteiger charge is 2.42. The second-order valence-electron chi connectivity index (χ2n) is 5.83. The van der Waals surface area contributed by atoms with E-state index in [1.54, 1.807) is 12.1 Å². The van der Waals surface area contributed by atoms with Crippen LogP contribution in [0.5, 0.6) is 0 Å². The quantitative estimate of drug-likeness (QED) is 0.911. The molecule has 0 amide bonds. The van der Waals surface area contributed by atoms with Crippen molar-refractivity contribution in [2.24, 2.45) is 0 Å². The van der Waals surface area contributed by atoms with E-state index in [1.165, 1.54) is 18.6 Å². The van der Waals surface area contributed by atoms with Crippen molar-refractivity contribution in [2.75, 3.05) is 13.2 Å². The van der Waals surface area contributed by atoms with Gasteiger partial charge in [0, 0.05) is 24.4 Å². The SMILES string of the molecule is O=S(=O)(NCC1COC2(CCCCC2)O1)c1ccc(Cl)cc1. The van der Waals surface area contributed by atoms with E-state index in [-0.39, 0.29) is 17.5 Å². The van der Waals surface area contributed by atoms with Gasteiger partial charge < -0.3 is 9.47 Å². The topological polar surface area (TPSA) is 64.6 Å². The van der Waals surface area contributed by atoms with E-state index in [0.717, 1.165) is 25.7 Å². The number of rotatable bonds is 4. The van der Waals surface area contributed by atoms with Crippen LogP contribution in [0.4, 0.5) is 0 Å². The summed E-state index contributed by atoms with van der Waals surface area (Å²) in [4.78, 5) is 0.197. The third-order valence-electron chi connectivity index (χ3n) is 4.15. The molecule has 7 heteroatoms. The minimum atomic E-state index is -3.55. The molecule has 1 aromatic carbocycles. The van der Waals surface area contributed by atoms with Gasteiger partial charge in [0.15, 0.2) is 5.79 Å². The maximum Gasteiger partial charge on any atom is 0.240 e. The highest BCUT2D eigenvalue weighted by atomic mass is 35.5. The van der Waals surface area contributed by atoms with Crippen LogP contribution in [-0.4, -0.2) is 33.5 Å². The molecule has 122 valence electrons. The molecule has 1 spiro atoms. The third kappa shape index (κ3) is 3.63. The molecule has 1 atom stereocenters. The predicted molar refractivity (Wildman–Crippen MR) is 83.3 cm³/mol. The maximum atomic E-state index is 12.2. The second kappa shape index (κ2) is 6.45. The van der Waals surface area contributed by atoms with Crippen molar-refractivity contribution in [1.29, 1.82) is 0 Å². The van der Waals surface area contributed by atoms with Crippen molar-refractivity contribution in [1.82, 2.24) is 4.72 Å². The first-order valence-electron chi connectivity index (χ1n) is 7.56. The molecule has 22 heavy (non-hydrogen) atoms. The smallest absolute Gasteiger partial charge is 0.240 e. The van der Waals surface area contributed by atoms with E-state index in [0.29, 0.717) is 11.6 Å². The van der Waals surface area contributed by atoms with Gasteiger partial charge in [-0.25, -0.2) is 13.1 Å². The normalized spacial score (nSPS) is 24.7. The molecule has 2 fully saturated rings. The zero-order valence-corrected chi connectivity index (χ0v) is 13.8. The Morgan fingerprint density at radius 1 is 1.18 bits per heavy atom. The van der Waals surface area contributed by atoms with Crippen molar-refractivity contribution in [2.45, 2.75) is 48.9 Å². The van der Waals surface area contributed by atoms with Crippen LogP contribution in [0, 0.1) is 0 Å². The number of nitrogens with one attached hydrogen (secondary N) is 1. The molecular formula is C15H20ClNO4S. The fourth-order valence-corrected chi connectivity index (χ4v) is 4.16. The van der Waals surface area contributed by atoms with E-state index >= 15 is 0 Å². The third-order valence-corrected chi connectivity index (χ3v) is 5.85. The van der Waals surface area contributed by atoms with Crippen molar-refractivity contribution in [3.63, 3.8) is 0 Å². The first-order chi connectivity index (χ1) is 10.5. The molecule has 1 saturated heterocycles. The van der Waals surface area contributed by atoms with E-state index in [4.69, 9.17) is 21.1 Å². The molecule has 5 nitrogen and oxygen atoms in total. The molecule has 2 aliphatic rings. The van der Waals surface area contributed by atoms with Crippen molar-refractivity contribution >= 4 is 21.6 Å². The average Bonchev–Trinajstić information content (AvgIpc) is 2.89. The molecule has 0 bridgehead atoms. The summed E-state index contributed by atoms with van der Waals surface area (Å²) in [6.45, 7) is 0.649. The van der Waals surface area contributed by atoms with Crippen LogP contribution in [0.2, 0.25) is 5.02 Å². The second-order valence-corrected chi connectivity index (χ2v) is 8.03. The Morgan fingerprint density at radius 3 is 2.55 bits per heavy atom. The molecule has 1 saturated carbocycles. The molecule has 1 N–H and O–H groups in total. The van der Waals surface area contributed by atoms with E-state index in [2.05, 4.69) is 4.72 Å². The largest absolute Gasteiger partial charge is 0.347 e. The molecule has 1 unspecified atom stereocenters. The van der Waals surface area contributed by atoms with Gasteiger partial charge in [-0.15, -0.1) is 0 Å². The van der Waals surface area contributed by atoms with Gasteiger partial charge in [-0.1, -0.05) is 18.0 Å². The summed E-state index contributed by atoms with van der Waals surface area (Å²) in [7, 11) is -3.55. The van der Waals surface area contributed by atoms with Gasteiger partial charge in [0.2, 0.25) is 10.0 Å². The zero-order valence-electron chi connectivity index (χ0n) is 12.3. The van der Waals surface area contributed by atoms with Gasteiger partial charge in [0.05, 0.1) is 17.6 Å². The van der Waals surface area contributed by atoms with Gasteiger partial charge in [0.1, 0.15) is 0 Å². The van der Waals surface area contributed by atoms with Crippen LogP contribution < -0.4 is 4.72 Å². The lowest BCUT2D eigenvalue weighted by Gasteiger charge is -2.31. The Bertz CT molecular complexity index is 611. The molecule has 1 aliphatic carbocycles. The van der Waals surface area contributed by atoms with Crippen LogP contribution in [0.1, 0.15) is 32.1 Å². The number of sulfonamides is 1. The standard InChI is InChI=1S/C15H20ClNO4S/c16-12-4-6-14(7-5-12)22(18,19)17-10-13-11-20-15(21-13)8-2-1-3-9-15/h4-7,13,17H,1-3,8-11H2. The summed E-state index contributed by atoms with van der Waals surface area (Å²) >= 11 is 5.77. The Morgan fingerprint density at radius 2 is 1.86 bits per heavy atom. The summed E-state index contributed by atoms with van der Waals surface area (Å²) in [6.07, 6.45) is 4.97. The van der Waals surface area contributed by atoms with Crippen LogP contribution in [0.3, 0.4) is 0 Å². The van der Waals surface area contributed by atoms with Gasteiger partial charge in [0.25, 0.3) is 0 Å². The summed E-state index contributed by atoms with van der Waals surface area (Å²) in [6, 6.07) is 6.09.